The van der Waals surface area contributed by atoms with Gasteiger partial charge in [-0.2, -0.15) is 0 Å². The second-order valence-corrected chi connectivity index (χ2v) is 7.83. The summed E-state index contributed by atoms with van der Waals surface area (Å²) in [5.74, 6) is 0.217. The minimum atomic E-state index is -3.44. The van der Waals surface area contributed by atoms with E-state index in [1.165, 1.54) is 7.11 Å². The van der Waals surface area contributed by atoms with Crippen molar-refractivity contribution in [3.63, 3.8) is 0 Å². The summed E-state index contributed by atoms with van der Waals surface area (Å²) in [5, 5.41) is 10.3. The van der Waals surface area contributed by atoms with E-state index in [-0.39, 0.29) is 11.5 Å². The normalized spacial score (nSPS) is 12.9. The van der Waals surface area contributed by atoms with E-state index in [2.05, 4.69) is 0 Å². The number of aliphatic hydroxyl groups excluding tert-OH is 1. The molecule has 0 radical (unpaired) electrons. The predicted octanol–water partition coefficient (Wildman–Crippen LogP) is 2.96. The average Bonchev–Trinajstić information content (AvgIpc) is 2.51. The summed E-state index contributed by atoms with van der Waals surface area (Å²) < 4.78 is 30.0. The minimum absolute atomic E-state index is 0.0630. The molecule has 23 heavy (non-hydrogen) atoms. The van der Waals surface area contributed by atoms with Crippen molar-refractivity contribution in [1.29, 1.82) is 0 Å². The third-order valence-electron chi connectivity index (χ3n) is 3.90. The van der Waals surface area contributed by atoms with Gasteiger partial charge in [-0.3, -0.25) is 0 Å². The molecule has 0 aliphatic carbocycles. The van der Waals surface area contributed by atoms with Gasteiger partial charge in [-0.05, 0) is 48.2 Å². The third-order valence-corrected chi connectivity index (χ3v) is 5.45. The molecule has 0 saturated carbocycles. The maximum Gasteiger partial charge on any atom is 0.157 e. The van der Waals surface area contributed by atoms with Crippen molar-refractivity contribution in [1.82, 2.24) is 0 Å². The number of hydrogen-bond acceptors (Lipinski definition) is 4. The molecule has 0 bridgehead atoms. The zero-order chi connectivity index (χ0) is 17.0. The summed E-state index contributed by atoms with van der Waals surface area (Å²) >= 11 is 0. The first-order valence-electron chi connectivity index (χ1n) is 7.40. The zero-order valence-electron chi connectivity index (χ0n) is 13.6. The van der Waals surface area contributed by atoms with E-state index in [0.717, 1.165) is 16.7 Å². The lowest BCUT2D eigenvalue weighted by Gasteiger charge is -2.14. The second-order valence-electron chi connectivity index (χ2n) is 5.72. The van der Waals surface area contributed by atoms with Gasteiger partial charge in [0.05, 0.1) is 24.7 Å². The maximum atomic E-state index is 12.5. The number of rotatable bonds is 6. The molecular weight excluding hydrogens is 312 g/mol. The molecule has 1 N–H and O–H groups in total. The molecule has 0 aromatic heterocycles. The Hall–Kier alpha value is -1.85. The number of ether oxygens (including phenoxy) is 1. The average molecular weight is 334 g/mol. The molecule has 2 rings (SSSR count). The van der Waals surface area contributed by atoms with Crippen LogP contribution in [0.4, 0.5) is 0 Å². The Balaban J connectivity index is 2.17. The van der Waals surface area contributed by atoms with Crippen LogP contribution < -0.4 is 4.74 Å². The van der Waals surface area contributed by atoms with Crippen molar-refractivity contribution in [2.75, 3.05) is 12.9 Å². The molecule has 4 nitrogen and oxygen atoms in total. The van der Waals surface area contributed by atoms with Crippen LogP contribution >= 0.6 is 0 Å². The Labute approximate surface area is 137 Å². The first kappa shape index (κ1) is 17.5. The highest BCUT2D eigenvalue weighted by molar-refractivity contribution is 7.90. The summed E-state index contributed by atoms with van der Waals surface area (Å²) in [6, 6.07) is 12.5. The molecule has 2 aromatic carbocycles. The molecular formula is C18H22O4S. The van der Waals surface area contributed by atoms with Gasteiger partial charge in [0.15, 0.2) is 9.84 Å². The largest absolute Gasteiger partial charge is 0.497 e. The Bertz CT molecular complexity index is 761. The molecule has 0 aliphatic rings. The molecule has 0 spiro atoms. The molecule has 1 unspecified atom stereocenters. The summed E-state index contributed by atoms with van der Waals surface area (Å²) in [7, 11) is -1.91. The van der Waals surface area contributed by atoms with Crippen LogP contribution in [-0.4, -0.2) is 26.4 Å². The molecule has 5 heteroatoms. The summed E-state index contributed by atoms with van der Waals surface area (Å²) in [6.07, 6.45) is -1.07. The fourth-order valence-corrected chi connectivity index (χ4v) is 4.23. The molecule has 1 atom stereocenters. The van der Waals surface area contributed by atoms with E-state index in [1.54, 1.807) is 24.3 Å². The van der Waals surface area contributed by atoms with E-state index in [4.69, 9.17) is 4.74 Å². The van der Waals surface area contributed by atoms with E-state index in [9.17, 15) is 13.5 Å². The van der Waals surface area contributed by atoms with Crippen LogP contribution in [0, 0.1) is 13.8 Å². The SMILES string of the molecule is COc1cccc(C(O)CS(=O)(=O)Cc2c(C)cccc2C)c1. The molecule has 0 amide bonds. The molecule has 0 fully saturated rings. The number of aliphatic hydroxyl groups is 1. The van der Waals surface area contributed by atoms with Crippen LogP contribution in [-0.2, 0) is 15.6 Å². The van der Waals surface area contributed by atoms with Crippen LogP contribution in [0.3, 0.4) is 0 Å². The van der Waals surface area contributed by atoms with Gasteiger partial charge in [0.2, 0.25) is 0 Å². The molecule has 0 heterocycles. The highest BCUT2D eigenvalue weighted by atomic mass is 32.2. The van der Waals surface area contributed by atoms with Crippen molar-refractivity contribution < 1.29 is 18.3 Å². The van der Waals surface area contributed by atoms with Gasteiger partial charge < -0.3 is 9.84 Å². The summed E-state index contributed by atoms with van der Waals surface area (Å²) in [6.45, 7) is 3.80. The molecule has 2 aromatic rings. The lowest BCUT2D eigenvalue weighted by Crippen LogP contribution is -2.17. The van der Waals surface area contributed by atoms with E-state index in [0.29, 0.717) is 11.3 Å². The van der Waals surface area contributed by atoms with Crippen molar-refractivity contribution in [3.8, 4) is 5.75 Å². The zero-order valence-corrected chi connectivity index (χ0v) is 14.4. The molecule has 0 saturated heterocycles. The summed E-state index contributed by atoms with van der Waals surface area (Å²) in [5.41, 5.74) is 3.24. The van der Waals surface area contributed by atoms with Crippen LogP contribution in [0.15, 0.2) is 42.5 Å². The smallest absolute Gasteiger partial charge is 0.157 e. The van der Waals surface area contributed by atoms with Gasteiger partial charge in [-0.25, -0.2) is 8.42 Å². The quantitative estimate of drug-likeness (QED) is 0.882. The molecule has 124 valence electrons. The topological polar surface area (TPSA) is 63.6 Å². The standard InChI is InChI=1S/C18H22O4S/c1-13-6-4-7-14(2)17(13)11-23(20,21)12-18(19)15-8-5-9-16(10-15)22-3/h4-10,18-19H,11-12H2,1-3H3. The van der Waals surface area contributed by atoms with Crippen LogP contribution in [0.25, 0.3) is 0 Å². The van der Waals surface area contributed by atoms with Gasteiger partial charge in [0, 0.05) is 0 Å². The fraction of sp³-hybridized carbons (Fsp3) is 0.333. The lowest BCUT2D eigenvalue weighted by molar-refractivity contribution is 0.201. The van der Waals surface area contributed by atoms with Gasteiger partial charge in [0.1, 0.15) is 5.75 Å². The molecule has 0 aliphatic heterocycles. The number of aryl methyl sites for hydroxylation is 2. The fourth-order valence-electron chi connectivity index (χ4n) is 2.54. The first-order valence-corrected chi connectivity index (χ1v) is 9.22. The number of sulfone groups is 1. The van der Waals surface area contributed by atoms with Gasteiger partial charge >= 0.3 is 0 Å². The Morgan fingerprint density at radius 2 is 1.70 bits per heavy atom. The third kappa shape index (κ3) is 4.56. The monoisotopic (exact) mass is 334 g/mol. The van der Waals surface area contributed by atoms with Crippen LogP contribution in [0.1, 0.15) is 28.4 Å². The second kappa shape index (κ2) is 7.15. The van der Waals surface area contributed by atoms with E-state index in [1.807, 2.05) is 32.0 Å². The van der Waals surface area contributed by atoms with Crippen molar-refractivity contribution in [3.05, 3.63) is 64.7 Å². The van der Waals surface area contributed by atoms with Gasteiger partial charge in [-0.15, -0.1) is 0 Å². The van der Waals surface area contributed by atoms with Crippen molar-refractivity contribution >= 4 is 9.84 Å². The van der Waals surface area contributed by atoms with Crippen molar-refractivity contribution in [2.24, 2.45) is 0 Å². The van der Waals surface area contributed by atoms with E-state index < -0.39 is 15.9 Å². The Morgan fingerprint density at radius 1 is 1.09 bits per heavy atom. The van der Waals surface area contributed by atoms with Gasteiger partial charge in [0.25, 0.3) is 0 Å². The lowest BCUT2D eigenvalue weighted by atomic mass is 10.1. The number of benzene rings is 2. The number of hydrogen-bond donors (Lipinski definition) is 1. The summed E-state index contributed by atoms with van der Waals surface area (Å²) in [4.78, 5) is 0. The van der Waals surface area contributed by atoms with E-state index >= 15 is 0 Å². The highest BCUT2D eigenvalue weighted by Crippen LogP contribution is 2.23. The highest BCUT2D eigenvalue weighted by Gasteiger charge is 2.21. The Kier molecular flexibility index (Phi) is 5.44. The van der Waals surface area contributed by atoms with Crippen LogP contribution in [0.5, 0.6) is 5.75 Å². The van der Waals surface area contributed by atoms with Crippen molar-refractivity contribution in [2.45, 2.75) is 25.7 Å². The first-order chi connectivity index (χ1) is 10.8. The maximum absolute atomic E-state index is 12.5. The van der Waals surface area contributed by atoms with Gasteiger partial charge in [-0.1, -0.05) is 30.3 Å². The Morgan fingerprint density at radius 3 is 2.30 bits per heavy atom. The number of methoxy groups -OCH3 is 1. The minimum Gasteiger partial charge on any atom is -0.497 e. The van der Waals surface area contributed by atoms with Crippen LogP contribution in [0.2, 0.25) is 0 Å². The predicted molar refractivity (Wildman–Crippen MR) is 91.4 cm³/mol.